The van der Waals surface area contributed by atoms with E-state index in [0.29, 0.717) is 10.9 Å². The molecule has 1 heterocycles. The van der Waals surface area contributed by atoms with Gasteiger partial charge in [0.15, 0.2) is 0 Å². The molecule has 0 radical (unpaired) electrons. The first-order chi connectivity index (χ1) is 11.9. The average Bonchev–Trinajstić information content (AvgIpc) is 2.56. The highest BCUT2D eigenvalue weighted by atomic mass is 16.2. The summed E-state index contributed by atoms with van der Waals surface area (Å²) in [4.78, 5) is 31.2. The van der Waals surface area contributed by atoms with Crippen LogP contribution in [-0.2, 0) is 4.79 Å². The number of aryl methyl sites for hydroxylation is 3. The number of aromatic nitrogens is 2. The molecule has 3 rings (SSSR count). The van der Waals surface area contributed by atoms with Gasteiger partial charge >= 0.3 is 0 Å². The molecule has 0 spiro atoms. The summed E-state index contributed by atoms with van der Waals surface area (Å²) in [6, 6.07) is 11.1. The van der Waals surface area contributed by atoms with E-state index in [1.807, 2.05) is 39.0 Å². The van der Waals surface area contributed by atoms with Crippen molar-refractivity contribution >= 4 is 28.4 Å². The SMILES string of the molecule is Cc1cc(C)c(NC(=O)CNc2nc3ccccc3c(=O)[nH]2)c(C)c1. The van der Waals surface area contributed by atoms with Crippen LogP contribution in [0.15, 0.2) is 41.2 Å². The molecule has 0 aliphatic rings. The van der Waals surface area contributed by atoms with Gasteiger partial charge in [-0.1, -0.05) is 29.8 Å². The number of aromatic amines is 1. The van der Waals surface area contributed by atoms with Gasteiger partial charge in [0.1, 0.15) is 0 Å². The largest absolute Gasteiger partial charge is 0.347 e. The minimum atomic E-state index is -0.237. The van der Waals surface area contributed by atoms with Gasteiger partial charge in [-0.15, -0.1) is 0 Å². The zero-order chi connectivity index (χ0) is 18.0. The van der Waals surface area contributed by atoms with Crippen molar-refractivity contribution < 1.29 is 4.79 Å². The highest BCUT2D eigenvalue weighted by molar-refractivity contribution is 5.95. The Morgan fingerprint density at radius 3 is 2.52 bits per heavy atom. The fourth-order valence-corrected chi connectivity index (χ4v) is 2.89. The van der Waals surface area contributed by atoms with E-state index in [1.165, 1.54) is 0 Å². The minimum absolute atomic E-state index is 0.00797. The second-order valence-electron chi connectivity index (χ2n) is 6.11. The molecule has 0 atom stereocenters. The number of hydrogen-bond donors (Lipinski definition) is 3. The predicted molar refractivity (Wildman–Crippen MR) is 100 cm³/mol. The predicted octanol–water partition coefficient (Wildman–Crippen LogP) is 2.90. The number of anilines is 2. The van der Waals surface area contributed by atoms with E-state index >= 15 is 0 Å². The molecule has 0 unspecified atom stereocenters. The van der Waals surface area contributed by atoms with Crippen LogP contribution in [-0.4, -0.2) is 22.4 Å². The van der Waals surface area contributed by atoms with Crippen LogP contribution in [0.25, 0.3) is 10.9 Å². The number of para-hydroxylation sites is 1. The zero-order valence-corrected chi connectivity index (χ0v) is 14.4. The average molecular weight is 336 g/mol. The lowest BCUT2D eigenvalue weighted by Crippen LogP contribution is -2.24. The van der Waals surface area contributed by atoms with Crippen LogP contribution in [0.4, 0.5) is 11.6 Å². The van der Waals surface area contributed by atoms with Gasteiger partial charge < -0.3 is 10.6 Å². The van der Waals surface area contributed by atoms with Gasteiger partial charge in [0.05, 0.1) is 17.4 Å². The summed E-state index contributed by atoms with van der Waals surface area (Å²) in [7, 11) is 0. The molecule has 0 aliphatic carbocycles. The molecule has 128 valence electrons. The van der Waals surface area contributed by atoms with Crippen molar-refractivity contribution in [1.29, 1.82) is 0 Å². The van der Waals surface area contributed by atoms with Crippen LogP contribution < -0.4 is 16.2 Å². The maximum atomic E-state index is 12.2. The number of benzene rings is 2. The second-order valence-corrected chi connectivity index (χ2v) is 6.11. The monoisotopic (exact) mass is 336 g/mol. The van der Waals surface area contributed by atoms with Gasteiger partial charge in [-0.05, 0) is 44.0 Å². The second kappa shape index (κ2) is 6.76. The number of carbonyl (C=O) groups is 1. The third-order valence-electron chi connectivity index (χ3n) is 3.97. The lowest BCUT2D eigenvalue weighted by molar-refractivity contribution is -0.114. The van der Waals surface area contributed by atoms with Crippen LogP contribution in [0.5, 0.6) is 0 Å². The number of H-pyrrole nitrogens is 1. The van der Waals surface area contributed by atoms with Crippen molar-refractivity contribution in [2.75, 3.05) is 17.2 Å². The Bertz CT molecular complexity index is 985. The van der Waals surface area contributed by atoms with E-state index in [9.17, 15) is 9.59 Å². The Labute approximate surface area is 145 Å². The molecule has 6 nitrogen and oxygen atoms in total. The van der Waals surface area contributed by atoms with Crippen LogP contribution in [0.3, 0.4) is 0 Å². The smallest absolute Gasteiger partial charge is 0.260 e. The Hall–Kier alpha value is -3.15. The Morgan fingerprint density at radius 2 is 1.80 bits per heavy atom. The molecule has 3 aromatic rings. The normalized spacial score (nSPS) is 10.7. The van der Waals surface area contributed by atoms with Crippen molar-refractivity contribution in [3.05, 3.63) is 63.4 Å². The van der Waals surface area contributed by atoms with Gasteiger partial charge in [-0.3, -0.25) is 14.6 Å². The highest BCUT2D eigenvalue weighted by Crippen LogP contribution is 2.21. The van der Waals surface area contributed by atoms with Crippen LogP contribution in [0, 0.1) is 20.8 Å². The Balaban J connectivity index is 1.72. The van der Waals surface area contributed by atoms with Gasteiger partial charge in [0.2, 0.25) is 11.9 Å². The standard InChI is InChI=1S/C19H20N4O2/c1-11-8-12(2)17(13(3)9-11)22-16(24)10-20-19-21-15-7-5-4-6-14(15)18(25)23-19/h4-9H,10H2,1-3H3,(H,22,24)(H2,20,21,23,25). The first-order valence-corrected chi connectivity index (χ1v) is 8.04. The summed E-state index contributed by atoms with van der Waals surface area (Å²) < 4.78 is 0. The highest BCUT2D eigenvalue weighted by Gasteiger charge is 2.09. The maximum absolute atomic E-state index is 12.2. The van der Waals surface area contributed by atoms with Crippen LogP contribution in [0.1, 0.15) is 16.7 Å². The van der Waals surface area contributed by atoms with Gasteiger partial charge in [0, 0.05) is 5.69 Å². The fourth-order valence-electron chi connectivity index (χ4n) is 2.89. The molecule has 2 aromatic carbocycles. The third-order valence-corrected chi connectivity index (χ3v) is 3.97. The number of hydrogen-bond acceptors (Lipinski definition) is 4. The maximum Gasteiger partial charge on any atom is 0.260 e. The van der Waals surface area contributed by atoms with Crippen LogP contribution in [0.2, 0.25) is 0 Å². The van der Waals surface area contributed by atoms with Crippen molar-refractivity contribution in [3.8, 4) is 0 Å². The lowest BCUT2D eigenvalue weighted by atomic mass is 10.1. The van der Waals surface area contributed by atoms with Crippen molar-refractivity contribution in [1.82, 2.24) is 9.97 Å². The Morgan fingerprint density at radius 1 is 1.12 bits per heavy atom. The lowest BCUT2D eigenvalue weighted by Gasteiger charge is -2.13. The molecule has 25 heavy (non-hydrogen) atoms. The van der Waals surface area contributed by atoms with Gasteiger partial charge in [0.25, 0.3) is 5.56 Å². The number of nitrogens with one attached hydrogen (secondary N) is 3. The number of amides is 1. The van der Waals surface area contributed by atoms with E-state index in [4.69, 9.17) is 0 Å². The molecule has 3 N–H and O–H groups in total. The summed E-state index contributed by atoms with van der Waals surface area (Å²) in [6.07, 6.45) is 0. The number of fused-ring (bicyclic) bond motifs is 1. The van der Waals surface area contributed by atoms with E-state index in [-0.39, 0.29) is 24.0 Å². The molecule has 1 aromatic heterocycles. The molecular formula is C19H20N4O2. The van der Waals surface area contributed by atoms with Crippen LogP contribution >= 0.6 is 0 Å². The fraction of sp³-hybridized carbons (Fsp3) is 0.211. The summed E-state index contributed by atoms with van der Waals surface area (Å²) in [5.74, 6) is 0.0714. The van der Waals surface area contributed by atoms with Gasteiger partial charge in [-0.25, -0.2) is 4.98 Å². The molecule has 0 bridgehead atoms. The molecule has 0 fully saturated rings. The quantitative estimate of drug-likeness (QED) is 0.684. The van der Waals surface area contributed by atoms with Gasteiger partial charge in [-0.2, -0.15) is 0 Å². The first-order valence-electron chi connectivity index (χ1n) is 8.04. The minimum Gasteiger partial charge on any atom is -0.347 e. The molecule has 0 saturated heterocycles. The van der Waals surface area contributed by atoms with E-state index in [1.54, 1.807) is 18.2 Å². The third kappa shape index (κ3) is 3.68. The number of nitrogens with zero attached hydrogens (tertiary/aromatic N) is 1. The zero-order valence-electron chi connectivity index (χ0n) is 14.4. The van der Waals surface area contributed by atoms with Crippen molar-refractivity contribution in [2.24, 2.45) is 0 Å². The Kier molecular flexibility index (Phi) is 4.52. The van der Waals surface area contributed by atoms with E-state index in [0.717, 1.165) is 22.4 Å². The molecule has 0 saturated carbocycles. The molecule has 6 heteroatoms. The van der Waals surface area contributed by atoms with E-state index in [2.05, 4.69) is 20.6 Å². The molecule has 0 aliphatic heterocycles. The summed E-state index contributed by atoms with van der Waals surface area (Å²) >= 11 is 0. The van der Waals surface area contributed by atoms with E-state index < -0.39 is 0 Å². The number of rotatable bonds is 4. The van der Waals surface area contributed by atoms with Crippen molar-refractivity contribution in [3.63, 3.8) is 0 Å². The molecule has 1 amide bonds. The summed E-state index contributed by atoms with van der Waals surface area (Å²) in [6.45, 7) is 5.96. The number of carbonyl (C=O) groups excluding carboxylic acids is 1. The molecular weight excluding hydrogens is 316 g/mol. The topological polar surface area (TPSA) is 86.9 Å². The first kappa shape index (κ1) is 16.7. The summed E-state index contributed by atoms with van der Waals surface area (Å²) in [5, 5.41) is 6.29. The van der Waals surface area contributed by atoms with Crippen molar-refractivity contribution in [2.45, 2.75) is 20.8 Å². The summed E-state index contributed by atoms with van der Waals surface area (Å²) in [5.41, 5.74) is 4.35.